The van der Waals surface area contributed by atoms with Crippen LogP contribution in [0, 0.1) is 63.1 Å². The van der Waals surface area contributed by atoms with E-state index in [0.717, 1.165) is 12.0 Å². The molecule has 5 fully saturated rings. The lowest BCUT2D eigenvalue weighted by molar-refractivity contribution is -0.237. The summed E-state index contributed by atoms with van der Waals surface area (Å²) in [4.78, 5) is 24.5. The first-order valence-corrected chi connectivity index (χ1v) is 19.2. The van der Waals surface area contributed by atoms with Gasteiger partial charge < -0.3 is 15.7 Å². The van der Waals surface area contributed by atoms with Crippen LogP contribution in [0.15, 0.2) is 36.0 Å². The summed E-state index contributed by atoms with van der Waals surface area (Å²) in [5.41, 5.74) is 2.48. The minimum absolute atomic E-state index is 0.0825. The summed E-state index contributed by atoms with van der Waals surface area (Å²) in [6.45, 7) is 28.8. The van der Waals surface area contributed by atoms with Crippen molar-refractivity contribution >= 4 is 11.9 Å². The zero-order chi connectivity index (χ0) is 34.7. The van der Waals surface area contributed by atoms with Crippen LogP contribution in [0.2, 0.25) is 0 Å². The van der Waals surface area contributed by atoms with Gasteiger partial charge in [0.25, 0.3) is 0 Å². The molecule has 5 saturated carbocycles. The smallest absolute Gasteiger partial charge is 0.335 e. The molecule has 0 aromatic heterocycles. The molecule has 0 heterocycles. The van der Waals surface area contributed by atoms with Crippen molar-refractivity contribution in [2.45, 2.75) is 145 Å². The van der Waals surface area contributed by atoms with Crippen LogP contribution in [0.25, 0.3) is 0 Å². The lowest BCUT2D eigenvalue weighted by Gasteiger charge is -2.73. The summed E-state index contributed by atoms with van der Waals surface area (Å²) < 4.78 is 0. The molecule has 5 rings (SSSR count). The molecule has 5 nitrogen and oxygen atoms in total. The van der Waals surface area contributed by atoms with E-state index in [1.165, 1.54) is 57.8 Å². The fourth-order valence-corrected chi connectivity index (χ4v) is 13.6. The van der Waals surface area contributed by atoms with Crippen molar-refractivity contribution in [2.75, 3.05) is 6.54 Å². The number of carbonyl (C=O) groups excluding carboxylic acids is 1. The zero-order valence-electron chi connectivity index (χ0n) is 31.6. The molecule has 3 N–H and O–H groups in total. The van der Waals surface area contributed by atoms with Gasteiger partial charge >= 0.3 is 5.97 Å². The number of carboxylic acid groups (broad SMARTS) is 1. The maximum Gasteiger partial charge on any atom is 0.335 e. The minimum Gasteiger partial charge on any atom is -0.478 e. The summed E-state index contributed by atoms with van der Waals surface area (Å²) >= 11 is 0. The largest absolute Gasteiger partial charge is 0.478 e. The molecule has 5 heteroatoms. The molecule has 0 aromatic rings. The Kier molecular flexibility index (Phi) is 9.90. The van der Waals surface area contributed by atoms with E-state index in [1.54, 1.807) is 19.1 Å². The summed E-state index contributed by atoms with van der Waals surface area (Å²) in [5, 5.41) is 16.6. The van der Waals surface area contributed by atoms with E-state index >= 15 is 0 Å². The Morgan fingerprint density at radius 3 is 2.17 bits per heavy atom. The zero-order valence-corrected chi connectivity index (χ0v) is 31.6. The van der Waals surface area contributed by atoms with E-state index in [4.69, 9.17) is 0 Å². The van der Waals surface area contributed by atoms with Gasteiger partial charge in [0.2, 0.25) is 5.91 Å². The Labute approximate surface area is 287 Å². The molecule has 0 bridgehead atoms. The third-order valence-electron chi connectivity index (χ3n) is 15.9. The van der Waals surface area contributed by atoms with E-state index in [0.29, 0.717) is 64.4 Å². The fourth-order valence-electron chi connectivity index (χ4n) is 13.6. The minimum atomic E-state index is -0.882. The molecule has 5 aliphatic rings. The van der Waals surface area contributed by atoms with Crippen molar-refractivity contribution in [2.24, 2.45) is 63.1 Å². The van der Waals surface area contributed by atoms with Crippen LogP contribution >= 0.6 is 0 Å². The van der Waals surface area contributed by atoms with Crippen molar-refractivity contribution in [3.05, 3.63) is 36.0 Å². The average Bonchev–Trinajstić information content (AvgIpc) is 3.36. The van der Waals surface area contributed by atoms with E-state index in [9.17, 15) is 14.7 Å². The van der Waals surface area contributed by atoms with Crippen LogP contribution in [0.3, 0.4) is 0 Å². The van der Waals surface area contributed by atoms with Gasteiger partial charge in [0.15, 0.2) is 0 Å². The molecular formula is C42H68N2O3. The number of hydrogen-bond acceptors (Lipinski definition) is 3. The van der Waals surface area contributed by atoms with Gasteiger partial charge in [-0.25, -0.2) is 4.79 Å². The topological polar surface area (TPSA) is 78.4 Å². The second-order valence-corrected chi connectivity index (χ2v) is 18.7. The van der Waals surface area contributed by atoms with Gasteiger partial charge in [-0.05, 0) is 154 Å². The van der Waals surface area contributed by atoms with Crippen LogP contribution in [0.5, 0.6) is 0 Å². The summed E-state index contributed by atoms with van der Waals surface area (Å²) in [5.74, 6) is 3.64. The molecule has 47 heavy (non-hydrogen) atoms. The van der Waals surface area contributed by atoms with Gasteiger partial charge in [-0.15, -0.1) is 0 Å². The van der Waals surface area contributed by atoms with Crippen molar-refractivity contribution in [1.29, 1.82) is 0 Å². The SMILES string of the molecule is C=C(/C=C\C(=C/C)C(=O)O)[C@H]1CC[C@]2(C)[C@H]3CC[C@@H]4[C@H]5[C@H](C(C)C)CC[C@]5(NCC(=O)NC(C)C)CC[C@@]4(C)[C@]3(C)CC[C@H]2C1(C)C. The van der Waals surface area contributed by atoms with Gasteiger partial charge in [0, 0.05) is 11.6 Å². The second kappa shape index (κ2) is 12.8. The summed E-state index contributed by atoms with van der Waals surface area (Å²) in [6, 6.07) is 0.170. The van der Waals surface area contributed by atoms with Crippen LogP contribution in [0.4, 0.5) is 0 Å². The van der Waals surface area contributed by atoms with E-state index in [1.807, 2.05) is 19.9 Å². The van der Waals surface area contributed by atoms with Gasteiger partial charge in [-0.3, -0.25) is 4.79 Å². The molecule has 0 aromatic carbocycles. The monoisotopic (exact) mass is 649 g/mol. The predicted octanol–water partition coefficient (Wildman–Crippen LogP) is 9.35. The first-order chi connectivity index (χ1) is 21.9. The van der Waals surface area contributed by atoms with Crippen LogP contribution < -0.4 is 10.6 Å². The molecule has 0 aliphatic heterocycles. The predicted molar refractivity (Wildman–Crippen MR) is 194 cm³/mol. The number of aliphatic carboxylic acids is 1. The maximum absolute atomic E-state index is 12.9. The van der Waals surface area contributed by atoms with E-state index < -0.39 is 5.97 Å². The first kappa shape index (κ1) is 36.4. The normalized spacial score (nSPS) is 42.9. The lowest BCUT2D eigenvalue weighted by Crippen LogP contribution is -2.68. The molecular weight excluding hydrogens is 580 g/mol. The quantitative estimate of drug-likeness (QED) is 0.172. The van der Waals surface area contributed by atoms with E-state index in [2.05, 4.69) is 65.7 Å². The lowest BCUT2D eigenvalue weighted by atomic mass is 9.32. The highest BCUT2D eigenvalue weighted by molar-refractivity contribution is 5.89. The van der Waals surface area contributed by atoms with Crippen LogP contribution in [0.1, 0.15) is 133 Å². The fraction of sp³-hybridized carbons (Fsp3) is 0.810. The van der Waals surface area contributed by atoms with Crippen LogP contribution in [-0.4, -0.2) is 35.1 Å². The Morgan fingerprint density at radius 1 is 0.851 bits per heavy atom. The standard InChI is InChI=1S/C42H68N2O3/c1-12-29(37(46)47)14-13-28(6)31-18-20-39(9)33(38(31,7)8)19-21-41(11)34(39)16-15-32-36-30(26(2)3)17-22-42(36,24-23-40(32,41)10)43-25-35(45)44-27(4)5/h12-14,26-27,30-34,36,43H,6,15-25H2,1-5,7-11H3,(H,44,45)(H,46,47)/b14-13-,29-12+/t30-,31+,32+,33-,34+,36+,39-,40+,41+,42-/m0/s1. The number of fused-ring (bicyclic) bond motifs is 7. The number of hydrogen-bond donors (Lipinski definition) is 3. The third-order valence-corrected chi connectivity index (χ3v) is 15.9. The van der Waals surface area contributed by atoms with Crippen molar-refractivity contribution in [1.82, 2.24) is 10.6 Å². The number of carboxylic acids is 1. The molecule has 0 radical (unpaired) electrons. The molecule has 0 saturated heterocycles. The Morgan fingerprint density at radius 2 is 1.55 bits per heavy atom. The summed E-state index contributed by atoms with van der Waals surface area (Å²) in [6.07, 6.45) is 17.9. The number of rotatable bonds is 9. The Hall–Kier alpha value is -1.88. The van der Waals surface area contributed by atoms with Crippen LogP contribution in [-0.2, 0) is 9.59 Å². The number of amides is 1. The van der Waals surface area contributed by atoms with Crippen molar-refractivity contribution in [3.8, 4) is 0 Å². The van der Waals surface area contributed by atoms with E-state index in [-0.39, 0.29) is 28.3 Å². The first-order valence-electron chi connectivity index (χ1n) is 19.2. The number of nitrogens with one attached hydrogen (secondary N) is 2. The Bertz CT molecular complexity index is 1290. The highest BCUT2D eigenvalue weighted by atomic mass is 16.4. The number of allylic oxidation sites excluding steroid dienone is 3. The average molecular weight is 649 g/mol. The molecule has 0 spiro atoms. The van der Waals surface area contributed by atoms with Gasteiger partial charge in [0.1, 0.15) is 0 Å². The molecule has 10 atom stereocenters. The maximum atomic E-state index is 12.9. The molecule has 0 unspecified atom stereocenters. The van der Waals surface area contributed by atoms with Crippen molar-refractivity contribution in [3.63, 3.8) is 0 Å². The molecule has 264 valence electrons. The third kappa shape index (κ3) is 5.80. The highest BCUT2D eigenvalue weighted by Crippen LogP contribution is 2.77. The molecule has 1 amide bonds. The van der Waals surface area contributed by atoms with Crippen molar-refractivity contribution < 1.29 is 14.7 Å². The second-order valence-electron chi connectivity index (χ2n) is 18.7. The van der Waals surface area contributed by atoms with Gasteiger partial charge in [-0.2, -0.15) is 0 Å². The van der Waals surface area contributed by atoms with Gasteiger partial charge in [-0.1, -0.05) is 72.8 Å². The Balaban J connectivity index is 1.42. The highest BCUT2D eigenvalue weighted by Gasteiger charge is 2.71. The number of carbonyl (C=O) groups is 2. The van der Waals surface area contributed by atoms with Gasteiger partial charge in [0.05, 0.1) is 12.1 Å². The molecule has 5 aliphatic carbocycles. The summed E-state index contributed by atoms with van der Waals surface area (Å²) in [7, 11) is 0.